The van der Waals surface area contributed by atoms with Crippen LogP contribution in [0.1, 0.15) is 18.4 Å². The van der Waals surface area contributed by atoms with Crippen molar-refractivity contribution in [2.75, 3.05) is 25.6 Å². The van der Waals surface area contributed by atoms with Gasteiger partial charge in [0.2, 0.25) is 0 Å². The molecule has 1 aliphatic rings. The zero-order valence-corrected chi connectivity index (χ0v) is 12.1. The maximum absolute atomic E-state index is 9.35. The van der Waals surface area contributed by atoms with E-state index in [0.29, 0.717) is 10.9 Å². The Bertz CT molecular complexity index is 473. The molecule has 0 heterocycles. The van der Waals surface area contributed by atoms with E-state index in [-0.39, 0.29) is 6.10 Å². The molecule has 5 heteroatoms. The van der Waals surface area contributed by atoms with Crippen LogP contribution >= 0.6 is 12.2 Å². The number of aliphatic hydroxyl groups is 1. The summed E-state index contributed by atoms with van der Waals surface area (Å²) in [6.07, 6.45) is 1.62. The molecule has 0 atom stereocenters. The van der Waals surface area contributed by atoms with Gasteiger partial charge in [-0.05, 0) is 30.9 Å². The quantitative estimate of drug-likeness (QED) is 0.801. The Morgan fingerprint density at radius 3 is 2.74 bits per heavy atom. The van der Waals surface area contributed by atoms with Crippen molar-refractivity contribution in [3.05, 3.63) is 23.8 Å². The van der Waals surface area contributed by atoms with Crippen molar-refractivity contribution >= 4 is 22.9 Å². The fourth-order valence-electron chi connectivity index (χ4n) is 2.50. The van der Waals surface area contributed by atoms with E-state index >= 15 is 0 Å². The van der Waals surface area contributed by atoms with Crippen molar-refractivity contribution in [1.29, 1.82) is 0 Å². The van der Waals surface area contributed by atoms with E-state index in [1.807, 2.05) is 25.2 Å². The van der Waals surface area contributed by atoms with Gasteiger partial charge in [0.15, 0.2) is 0 Å². The fraction of sp³-hybridized carbons (Fsp3) is 0.500. The molecule has 1 saturated carbocycles. The number of nitrogens with zero attached hydrogens (tertiary/aromatic N) is 1. The van der Waals surface area contributed by atoms with Gasteiger partial charge in [-0.1, -0.05) is 12.2 Å². The highest BCUT2D eigenvalue weighted by Gasteiger charge is 2.28. The van der Waals surface area contributed by atoms with Crippen molar-refractivity contribution in [1.82, 2.24) is 0 Å². The number of hydrogen-bond donors (Lipinski definition) is 2. The summed E-state index contributed by atoms with van der Waals surface area (Å²) in [4.78, 5) is 2.52. The predicted octanol–water partition coefficient (Wildman–Crippen LogP) is 1.54. The average molecular weight is 280 g/mol. The SMILES string of the molecule is COc1ccc(C(N)=S)c(N(C)CC2CC(O)C2)c1. The van der Waals surface area contributed by atoms with Crippen molar-refractivity contribution in [2.45, 2.75) is 18.9 Å². The molecule has 1 aromatic rings. The molecule has 1 aliphatic carbocycles. The summed E-state index contributed by atoms with van der Waals surface area (Å²) in [7, 11) is 3.66. The minimum atomic E-state index is -0.126. The standard InChI is InChI=1S/C14H20N2O2S/c1-16(8-9-5-10(17)6-9)13-7-11(18-2)3-4-12(13)14(15)19/h3-4,7,9-10,17H,5-6,8H2,1-2H3,(H2,15,19). The lowest BCUT2D eigenvalue weighted by molar-refractivity contribution is 0.0465. The van der Waals surface area contributed by atoms with Gasteiger partial charge >= 0.3 is 0 Å². The number of aliphatic hydroxyl groups excluding tert-OH is 1. The average Bonchev–Trinajstić information content (AvgIpc) is 2.35. The molecule has 1 fully saturated rings. The molecule has 0 amide bonds. The van der Waals surface area contributed by atoms with Crippen LogP contribution in [0.25, 0.3) is 0 Å². The predicted molar refractivity (Wildman–Crippen MR) is 80.9 cm³/mol. The first-order valence-electron chi connectivity index (χ1n) is 6.38. The van der Waals surface area contributed by atoms with E-state index in [1.165, 1.54) is 0 Å². The molecule has 0 unspecified atom stereocenters. The summed E-state index contributed by atoms with van der Waals surface area (Å²) in [6.45, 7) is 0.889. The van der Waals surface area contributed by atoms with Crippen LogP contribution in [0, 0.1) is 5.92 Å². The molecular formula is C14H20N2O2S. The molecule has 0 aromatic heterocycles. The second-order valence-electron chi connectivity index (χ2n) is 5.12. The molecule has 3 N–H and O–H groups in total. The van der Waals surface area contributed by atoms with Crippen LogP contribution in [0.2, 0.25) is 0 Å². The summed E-state index contributed by atoms with van der Waals surface area (Å²) in [5.41, 5.74) is 7.61. The molecule has 2 rings (SSSR count). The number of ether oxygens (including phenoxy) is 1. The lowest BCUT2D eigenvalue weighted by Gasteiger charge is -2.35. The Balaban J connectivity index is 2.17. The molecular weight excluding hydrogens is 260 g/mol. The van der Waals surface area contributed by atoms with Crippen LogP contribution in [-0.4, -0.2) is 36.9 Å². The molecule has 104 valence electrons. The van der Waals surface area contributed by atoms with Crippen LogP contribution in [0.3, 0.4) is 0 Å². The summed E-state index contributed by atoms with van der Waals surface area (Å²) < 4.78 is 5.25. The molecule has 0 spiro atoms. The van der Waals surface area contributed by atoms with E-state index < -0.39 is 0 Å². The Morgan fingerprint density at radius 2 is 2.21 bits per heavy atom. The van der Waals surface area contributed by atoms with E-state index in [2.05, 4.69) is 4.90 Å². The molecule has 0 saturated heterocycles. The van der Waals surface area contributed by atoms with Crippen molar-refractivity contribution in [3.63, 3.8) is 0 Å². The van der Waals surface area contributed by atoms with Crippen LogP contribution in [0.5, 0.6) is 5.75 Å². The third-order valence-electron chi connectivity index (χ3n) is 3.62. The van der Waals surface area contributed by atoms with Gasteiger partial charge in [0.25, 0.3) is 0 Å². The van der Waals surface area contributed by atoms with Gasteiger partial charge in [-0.25, -0.2) is 0 Å². The van der Waals surface area contributed by atoms with Crippen LogP contribution in [-0.2, 0) is 0 Å². The fourth-order valence-corrected chi connectivity index (χ4v) is 2.67. The highest BCUT2D eigenvalue weighted by Crippen LogP contribution is 2.31. The van der Waals surface area contributed by atoms with E-state index in [0.717, 1.165) is 36.4 Å². The second-order valence-corrected chi connectivity index (χ2v) is 5.56. The van der Waals surface area contributed by atoms with E-state index in [1.54, 1.807) is 7.11 Å². The van der Waals surface area contributed by atoms with Gasteiger partial charge in [0.05, 0.1) is 18.9 Å². The van der Waals surface area contributed by atoms with Gasteiger partial charge in [0, 0.05) is 25.2 Å². The smallest absolute Gasteiger partial charge is 0.120 e. The largest absolute Gasteiger partial charge is 0.497 e. The van der Waals surface area contributed by atoms with Gasteiger partial charge in [-0.3, -0.25) is 0 Å². The third kappa shape index (κ3) is 3.16. The first-order chi connectivity index (χ1) is 9.01. The van der Waals surface area contributed by atoms with Crippen molar-refractivity contribution in [3.8, 4) is 5.75 Å². The third-order valence-corrected chi connectivity index (χ3v) is 3.84. The van der Waals surface area contributed by atoms with Crippen molar-refractivity contribution in [2.24, 2.45) is 11.7 Å². The van der Waals surface area contributed by atoms with E-state index in [4.69, 9.17) is 22.7 Å². The molecule has 4 nitrogen and oxygen atoms in total. The number of rotatable bonds is 5. The zero-order valence-electron chi connectivity index (χ0n) is 11.3. The van der Waals surface area contributed by atoms with Crippen LogP contribution < -0.4 is 15.4 Å². The van der Waals surface area contributed by atoms with Gasteiger partial charge in [0.1, 0.15) is 10.7 Å². The van der Waals surface area contributed by atoms with Crippen molar-refractivity contribution < 1.29 is 9.84 Å². The number of thiocarbonyl (C=S) groups is 1. The lowest BCUT2D eigenvalue weighted by Crippen LogP contribution is -2.37. The number of nitrogens with two attached hydrogens (primary N) is 1. The monoisotopic (exact) mass is 280 g/mol. The molecule has 0 aliphatic heterocycles. The molecule has 1 aromatic carbocycles. The maximum atomic E-state index is 9.35. The maximum Gasteiger partial charge on any atom is 0.120 e. The van der Waals surface area contributed by atoms with Gasteiger partial charge in [-0.15, -0.1) is 0 Å². The van der Waals surface area contributed by atoms with Gasteiger partial charge in [-0.2, -0.15) is 0 Å². The molecule has 0 radical (unpaired) electrons. The zero-order chi connectivity index (χ0) is 14.0. The Morgan fingerprint density at radius 1 is 1.53 bits per heavy atom. The summed E-state index contributed by atoms with van der Waals surface area (Å²) >= 11 is 5.09. The summed E-state index contributed by atoms with van der Waals surface area (Å²) in [5.74, 6) is 1.32. The lowest BCUT2D eigenvalue weighted by atomic mass is 9.82. The Hall–Kier alpha value is -1.33. The highest BCUT2D eigenvalue weighted by atomic mass is 32.1. The van der Waals surface area contributed by atoms with Crippen LogP contribution in [0.4, 0.5) is 5.69 Å². The Labute approximate surface area is 119 Å². The minimum Gasteiger partial charge on any atom is -0.497 e. The van der Waals surface area contributed by atoms with Gasteiger partial charge < -0.3 is 20.5 Å². The molecule has 0 bridgehead atoms. The second kappa shape index (κ2) is 5.75. The first-order valence-corrected chi connectivity index (χ1v) is 6.79. The topological polar surface area (TPSA) is 58.7 Å². The normalized spacial score (nSPS) is 21.6. The molecule has 19 heavy (non-hydrogen) atoms. The highest BCUT2D eigenvalue weighted by molar-refractivity contribution is 7.80. The Kier molecular flexibility index (Phi) is 4.27. The summed E-state index contributed by atoms with van der Waals surface area (Å²) in [6, 6.07) is 5.70. The number of benzene rings is 1. The number of hydrogen-bond acceptors (Lipinski definition) is 4. The van der Waals surface area contributed by atoms with E-state index in [9.17, 15) is 5.11 Å². The number of anilines is 1. The first kappa shape index (κ1) is 14.1. The van der Waals surface area contributed by atoms with Crippen LogP contribution in [0.15, 0.2) is 18.2 Å². The minimum absolute atomic E-state index is 0.126. The summed E-state index contributed by atoms with van der Waals surface area (Å²) in [5, 5.41) is 9.35. The number of methoxy groups -OCH3 is 1.